The Morgan fingerprint density at radius 1 is 1.40 bits per heavy atom. The molecule has 0 unspecified atom stereocenters. The highest BCUT2D eigenvalue weighted by molar-refractivity contribution is 6.30. The van der Waals surface area contributed by atoms with Crippen molar-refractivity contribution in [1.82, 2.24) is 20.2 Å². The molecule has 0 aliphatic carbocycles. The number of carboxylic acids is 1. The molecule has 2 atom stereocenters. The normalized spacial score (nSPS) is 13.9. The molecule has 0 fully saturated rings. The Hall–Kier alpha value is -1.99. The summed E-state index contributed by atoms with van der Waals surface area (Å²) in [6.07, 6.45) is -0.771. The molecule has 1 aromatic heterocycles. The van der Waals surface area contributed by atoms with Crippen molar-refractivity contribution in [2.75, 3.05) is 0 Å². The van der Waals surface area contributed by atoms with Crippen molar-refractivity contribution >= 4 is 17.6 Å². The lowest BCUT2D eigenvalue weighted by Gasteiger charge is -2.11. The van der Waals surface area contributed by atoms with E-state index in [4.69, 9.17) is 16.7 Å². The van der Waals surface area contributed by atoms with Gasteiger partial charge >= 0.3 is 5.97 Å². The summed E-state index contributed by atoms with van der Waals surface area (Å²) < 4.78 is 0. The minimum Gasteiger partial charge on any atom is -0.480 e. The fraction of sp³-hybridized carbons (Fsp3) is 0.333. The number of carbonyl (C=O) groups is 1. The molecule has 2 N–H and O–H groups in total. The van der Waals surface area contributed by atoms with E-state index in [0.717, 1.165) is 4.80 Å². The Balaban J connectivity index is 2.26. The number of aromatic nitrogens is 4. The van der Waals surface area contributed by atoms with Gasteiger partial charge in [-0.3, -0.25) is 0 Å². The number of carboxylic acid groups (broad SMARTS) is 1. The maximum atomic E-state index is 11.2. The predicted molar refractivity (Wildman–Crippen MR) is 71.2 cm³/mol. The Kier molecular flexibility index (Phi) is 4.31. The molecule has 0 bridgehead atoms. The SMILES string of the molecule is C[C@H](O)C[C@H](C(=O)O)n1nnc(-c2ccc(Cl)cc2)n1. The number of hydrogen-bond acceptors (Lipinski definition) is 5. The largest absolute Gasteiger partial charge is 0.480 e. The monoisotopic (exact) mass is 296 g/mol. The average Bonchev–Trinajstić information content (AvgIpc) is 2.85. The Bertz CT molecular complexity index is 597. The van der Waals surface area contributed by atoms with Gasteiger partial charge in [0.2, 0.25) is 5.82 Å². The average molecular weight is 297 g/mol. The second-order valence-electron chi connectivity index (χ2n) is 4.38. The van der Waals surface area contributed by atoms with Crippen molar-refractivity contribution in [3.63, 3.8) is 0 Å². The lowest BCUT2D eigenvalue weighted by atomic mass is 10.1. The summed E-state index contributed by atoms with van der Waals surface area (Å²) in [6.45, 7) is 1.51. The molecule has 0 saturated heterocycles. The fourth-order valence-corrected chi connectivity index (χ4v) is 1.81. The van der Waals surface area contributed by atoms with Crippen molar-refractivity contribution in [2.24, 2.45) is 0 Å². The quantitative estimate of drug-likeness (QED) is 0.864. The molecule has 1 heterocycles. The van der Waals surface area contributed by atoms with E-state index in [1.165, 1.54) is 6.92 Å². The van der Waals surface area contributed by atoms with Crippen LogP contribution in [0, 0.1) is 0 Å². The van der Waals surface area contributed by atoms with Gasteiger partial charge in [0.25, 0.3) is 0 Å². The molecule has 0 amide bonds. The minimum atomic E-state index is -1.12. The van der Waals surface area contributed by atoms with E-state index < -0.39 is 18.1 Å². The van der Waals surface area contributed by atoms with Crippen LogP contribution >= 0.6 is 11.6 Å². The molecule has 7 nitrogen and oxygen atoms in total. The van der Waals surface area contributed by atoms with Gasteiger partial charge in [0, 0.05) is 17.0 Å². The highest BCUT2D eigenvalue weighted by Gasteiger charge is 2.24. The van der Waals surface area contributed by atoms with Crippen molar-refractivity contribution < 1.29 is 15.0 Å². The number of hydrogen-bond donors (Lipinski definition) is 2. The zero-order chi connectivity index (χ0) is 14.7. The van der Waals surface area contributed by atoms with Crippen molar-refractivity contribution in [3.8, 4) is 11.4 Å². The van der Waals surface area contributed by atoms with Crippen molar-refractivity contribution in [3.05, 3.63) is 29.3 Å². The van der Waals surface area contributed by atoms with Crippen LogP contribution < -0.4 is 0 Å². The summed E-state index contributed by atoms with van der Waals surface area (Å²) in [7, 11) is 0. The van der Waals surface area contributed by atoms with Crippen LogP contribution in [0.25, 0.3) is 11.4 Å². The first kappa shape index (κ1) is 14.4. The molecular weight excluding hydrogens is 284 g/mol. The molecule has 8 heteroatoms. The first-order valence-corrected chi connectivity index (χ1v) is 6.31. The number of nitrogens with zero attached hydrogens (tertiary/aromatic N) is 4. The zero-order valence-corrected chi connectivity index (χ0v) is 11.4. The summed E-state index contributed by atoms with van der Waals surface area (Å²) in [5.41, 5.74) is 0.682. The number of benzene rings is 1. The first-order chi connectivity index (χ1) is 9.47. The second-order valence-corrected chi connectivity index (χ2v) is 4.82. The van der Waals surface area contributed by atoms with Gasteiger partial charge in [0.15, 0.2) is 6.04 Å². The lowest BCUT2D eigenvalue weighted by Crippen LogP contribution is -2.25. The number of aliphatic hydroxyl groups is 1. The predicted octanol–water partition coefficient (Wildman–Crippen LogP) is 1.39. The maximum Gasteiger partial charge on any atom is 0.330 e. The first-order valence-electron chi connectivity index (χ1n) is 5.93. The van der Waals surface area contributed by atoms with Crippen LogP contribution in [0.15, 0.2) is 24.3 Å². The van der Waals surface area contributed by atoms with Gasteiger partial charge in [-0.15, -0.1) is 15.0 Å². The molecule has 20 heavy (non-hydrogen) atoms. The zero-order valence-electron chi connectivity index (χ0n) is 10.6. The van der Waals surface area contributed by atoms with Crippen LogP contribution in [0.3, 0.4) is 0 Å². The van der Waals surface area contributed by atoms with Gasteiger partial charge in [-0.25, -0.2) is 4.79 Å². The summed E-state index contributed by atoms with van der Waals surface area (Å²) in [5, 5.41) is 30.6. The summed E-state index contributed by atoms with van der Waals surface area (Å²) in [4.78, 5) is 12.2. The Labute approximate surface area is 119 Å². The summed E-state index contributed by atoms with van der Waals surface area (Å²) in [6, 6.07) is 5.75. The molecule has 106 valence electrons. The number of aliphatic carboxylic acids is 1. The number of halogens is 1. The topological polar surface area (TPSA) is 101 Å². The lowest BCUT2D eigenvalue weighted by molar-refractivity contribution is -0.142. The van der Waals surface area contributed by atoms with Gasteiger partial charge in [0.05, 0.1) is 6.10 Å². The smallest absolute Gasteiger partial charge is 0.330 e. The van der Waals surface area contributed by atoms with Gasteiger partial charge < -0.3 is 10.2 Å². The standard InChI is InChI=1S/C12H13ClN4O3/c1-7(18)6-10(12(19)20)17-15-11(14-16-17)8-2-4-9(13)5-3-8/h2-5,7,10,18H,6H2,1H3,(H,19,20)/t7-,10+/m0/s1. The molecule has 0 aliphatic rings. The molecule has 0 radical (unpaired) electrons. The van der Waals surface area contributed by atoms with E-state index in [1.807, 2.05) is 0 Å². The highest BCUT2D eigenvalue weighted by atomic mass is 35.5. The maximum absolute atomic E-state index is 11.2. The van der Waals surface area contributed by atoms with Crippen LogP contribution in [0.5, 0.6) is 0 Å². The summed E-state index contributed by atoms with van der Waals surface area (Å²) >= 11 is 5.79. The van der Waals surface area contributed by atoms with E-state index in [9.17, 15) is 9.90 Å². The van der Waals surface area contributed by atoms with Crippen molar-refractivity contribution in [2.45, 2.75) is 25.5 Å². The van der Waals surface area contributed by atoms with Gasteiger partial charge in [-0.1, -0.05) is 11.6 Å². The fourth-order valence-electron chi connectivity index (χ4n) is 1.69. The van der Waals surface area contributed by atoms with Crippen LogP contribution in [0.4, 0.5) is 0 Å². The van der Waals surface area contributed by atoms with Crippen LogP contribution in [-0.2, 0) is 4.79 Å². The molecule has 0 spiro atoms. The van der Waals surface area contributed by atoms with Crippen LogP contribution in [0.1, 0.15) is 19.4 Å². The second kappa shape index (κ2) is 5.98. The van der Waals surface area contributed by atoms with Crippen LogP contribution in [-0.4, -0.2) is 42.5 Å². The molecule has 1 aromatic carbocycles. The third kappa shape index (κ3) is 3.31. The molecule has 0 saturated carbocycles. The van der Waals surface area contributed by atoms with E-state index in [-0.39, 0.29) is 6.42 Å². The number of tetrazole rings is 1. The minimum absolute atomic E-state index is 0.00571. The summed E-state index contributed by atoms with van der Waals surface area (Å²) in [5.74, 6) is -0.815. The van der Waals surface area contributed by atoms with E-state index in [0.29, 0.717) is 16.4 Å². The van der Waals surface area contributed by atoms with E-state index in [2.05, 4.69) is 15.4 Å². The molecular formula is C12H13ClN4O3. The molecule has 2 rings (SSSR count). The van der Waals surface area contributed by atoms with Gasteiger partial charge in [0.1, 0.15) is 0 Å². The highest BCUT2D eigenvalue weighted by Crippen LogP contribution is 2.19. The third-order valence-corrected chi connectivity index (χ3v) is 2.91. The van der Waals surface area contributed by atoms with Gasteiger partial charge in [-0.2, -0.15) is 0 Å². The Morgan fingerprint density at radius 2 is 2.05 bits per heavy atom. The molecule has 0 aliphatic heterocycles. The molecule has 2 aromatic rings. The van der Waals surface area contributed by atoms with E-state index in [1.54, 1.807) is 24.3 Å². The number of rotatable bonds is 5. The third-order valence-electron chi connectivity index (χ3n) is 2.66. The van der Waals surface area contributed by atoms with Gasteiger partial charge in [-0.05, 0) is 36.4 Å². The number of aliphatic hydroxyl groups excluding tert-OH is 1. The van der Waals surface area contributed by atoms with E-state index >= 15 is 0 Å². The van der Waals surface area contributed by atoms with Crippen molar-refractivity contribution in [1.29, 1.82) is 0 Å². The Morgan fingerprint density at radius 3 is 2.60 bits per heavy atom. The van der Waals surface area contributed by atoms with Crippen LogP contribution in [0.2, 0.25) is 5.02 Å².